The van der Waals surface area contributed by atoms with E-state index in [-0.39, 0.29) is 19.6 Å². The fourth-order valence-electron chi connectivity index (χ4n) is 3.51. The van der Waals surface area contributed by atoms with Crippen LogP contribution in [0.2, 0.25) is 0 Å². The average molecular weight is 507 g/mol. The van der Waals surface area contributed by atoms with Crippen LogP contribution in [0.3, 0.4) is 0 Å². The van der Waals surface area contributed by atoms with Crippen LogP contribution in [0.15, 0.2) is 91.0 Å². The third-order valence-electron chi connectivity index (χ3n) is 5.46. The predicted molar refractivity (Wildman–Crippen MR) is 141 cm³/mol. The lowest BCUT2D eigenvalue weighted by atomic mass is 10.1. The summed E-state index contributed by atoms with van der Waals surface area (Å²) in [5.74, 6) is -0.777. The van der Waals surface area contributed by atoms with Crippen molar-refractivity contribution in [1.29, 1.82) is 0 Å². The molecule has 3 rings (SSSR count). The number of carbonyl (C=O) groups excluding carboxylic acids is 2. The number of rotatable bonds is 12. The Morgan fingerprint density at radius 1 is 0.806 bits per heavy atom. The molecule has 0 saturated carbocycles. The van der Waals surface area contributed by atoms with E-state index in [0.717, 1.165) is 28.5 Å². The second-order valence-electron chi connectivity index (χ2n) is 8.13. The number of carboxylic acid groups (broad SMARTS) is 1. The summed E-state index contributed by atoms with van der Waals surface area (Å²) in [6, 6.07) is 26.7. The molecule has 1 atom stereocenters. The third-order valence-corrected chi connectivity index (χ3v) is 6.20. The van der Waals surface area contributed by atoms with Crippen molar-refractivity contribution in [1.82, 2.24) is 10.2 Å². The van der Waals surface area contributed by atoms with Crippen molar-refractivity contribution in [2.45, 2.75) is 25.5 Å². The molecule has 3 aromatic rings. The van der Waals surface area contributed by atoms with E-state index in [1.165, 1.54) is 0 Å². The molecule has 7 nitrogen and oxygen atoms in total. The zero-order chi connectivity index (χ0) is 25.6. The van der Waals surface area contributed by atoms with Gasteiger partial charge in [0.25, 0.3) is 0 Å². The Kier molecular flexibility index (Phi) is 10.9. The van der Waals surface area contributed by atoms with Gasteiger partial charge in [0, 0.05) is 25.3 Å². The van der Waals surface area contributed by atoms with Crippen molar-refractivity contribution in [3.05, 3.63) is 108 Å². The number of nitrogens with one attached hydrogen (secondary N) is 1. The first-order valence-corrected chi connectivity index (χ1v) is 12.7. The standard InChI is InChI=1S/C28H30N2O5S/c31-26(32)25(20-23-12-6-2-7-13-23)29-27(33)30(17-16-22-10-4-1-5-11-22)18-19-36-28(34)35-21-24-14-8-3-9-15-24/h1-15,25H,16-21H2,(H,29,33)(H,31,32)/t25-/m0/s1. The minimum Gasteiger partial charge on any atom is -0.480 e. The van der Waals surface area contributed by atoms with Gasteiger partial charge in [0.1, 0.15) is 12.6 Å². The molecule has 0 aliphatic rings. The molecular weight excluding hydrogens is 476 g/mol. The van der Waals surface area contributed by atoms with E-state index >= 15 is 0 Å². The molecule has 2 amide bonds. The first-order chi connectivity index (χ1) is 17.5. The summed E-state index contributed by atoms with van der Waals surface area (Å²) in [5, 5.41) is 11.9. The number of hydrogen-bond donors (Lipinski definition) is 2. The van der Waals surface area contributed by atoms with Gasteiger partial charge >= 0.3 is 17.3 Å². The molecule has 0 aliphatic heterocycles. The SMILES string of the molecule is O=C(OCc1ccccc1)SCCN(CCc1ccccc1)C(=O)N[C@@H](Cc1ccccc1)C(=O)O. The lowest BCUT2D eigenvalue weighted by Gasteiger charge is -2.25. The molecule has 0 heterocycles. The number of carbonyl (C=O) groups is 3. The third kappa shape index (κ3) is 9.46. The molecule has 0 saturated heterocycles. The Morgan fingerprint density at radius 2 is 1.36 bits per heavy atom. The minimum atomic E-state index is -1.10. The Morgan fingerprint density at radius 3 is 1.94 bits per heavy atom. The van der Waals surface area contributed by atoms with Gasteiger partial charge in [0.05, 0.1) is 0 Å². The van der Waals surface area contributed by atoms with Gasteiger partial charge in [-0.25, -0.2) is 14.4 Å². The summed E-state index contributed by atoms with van der Waals surface area (Å²) >= 11 is 0.992. The summed E-state index contributed by atoms with van der Waals surface area (Å²) in [7, 11) is 0. The first-order valence-electron chi connectivity index (χ1n) is 11.7. The second kappa shape index (κ2) is 14.6. The molecule has 0 aliphatic carbocycles. The maximum Gasteiger partial charge on any atom is 0.367 e. The number of aliphatic carboxylic acids is 1. The first kappa shape index (κ1) is 26.8. The number of urea groups is 1. The summed E-state index contributed by atoms with van der Waals surface area (Å²) in [6.45, 7) is 0.833. The van der Waals surface area contributed by atoms with E-state index in [1.54, 1.807) is 4.90 Å². The van der Waals surface area contributed by atoms with E-state index in [0.29, 0.717) is 18.7 Å². The fraction of sp³-hybridized carbons (Fsp3) is 0.250. The van der Waals surface area contributed by atoms with E-state index in [4.69, 9.17) is 4.74 Å². The van der Waals surface area contributed by atoms with Gasteiger partial charge in [0.15, 0.2) is 0 Å². The maximum atomic E-state index is 13.1. The maximum absolute atomic E-state index is 13.1. The van der Waals surface area contributed by atoms with Crippen LogP contribution in [-0.2, 0) is 29.0 Å². The van der Waals surface area contributed by atoms with Crippen molar-refractivity contribution < 1.29 is 24.2 Å². The molecule has 0 radical (unpaired) electrons. The van der Waals surface area contributed by atoms with Gasteiger partial charge in [0.2, 0.25) is 0 Å². The highest BCUT2D eigenvalue weighted by Crippen LogP contribution is 2.11. The zero-order valence-electron chi connectivity index (χ0n) is 19.9. The highest BCUT2D eigenvalue weighted by atomic mass is 32.2. The summed E-state index contributed by atoms with van der Waals surface area (Å²) in [6.07, 6.45) is 0.781. The van der Waals surface area contributed by atoms with Crippen LogP contribution in [0.4, 0.5) is 9.59 Å². The number of ether oxygens (including phenoxy) is 1. The van der Waals surface area contributed by atoms with Gasteiger partial charge in [-0.15, -0.1) is 0 Å². The van der Waals surface area contributed by atoms with E-state index in [2.05, 4.69) is 5.32 Å². The van der Waals surface area contributed by atoms with Crippen molar-refractivity contribution in [3.8, 4) is 0 Å². The van der Waals surface area contributed by atoms with Gasteiger partial charge in [-0.05, 0) is 34.9 Å². The summed E-state index contributed by atoms with van der Waals surface area (Å²) in [5.41, 5.74) is 2.77. The molecule has 0 unspecified atom stereocenters. The van der Waals surface area contributed by atoms with E-state index < -0.39 is 23.3 Å². The Hall–Kier alpha value is -3.78. The minimum absolute atomic E-state index is 0.176. The lowest BCUT2D eigenvalue weighted by Crippen LogP contribution is -2.50. The van der Waals surface area contributed by atoms with Crippen LogP contribution in [0.25, 0.3) is 0 Å². The van der Waals surface area contributed by atoms with E-state index in [1.807, 2.05) is 91.0 Å². The predicted octanol–water partition coefficient (Wildman–Crippen LogP) is 5.01. The average Bonchev–Trinajstić information content (AvgIpc) is 2.90. The largest absolute Gasteiger partial charge is 0.480 e. The highest BCUT2D eigenvalue weighted by molar-refractivity contribution is 8.13. The van der Waals surface area contributed by atoms with Crippen molar-refractivity contribution >= 4 is 29.1 Å². The van der Waals surface area contributed by atoms with Gasteiger partial charge < -0.3 is 20.1 Å². The zero-order valence-corrected chi connectivity index (χ0v) is 20.7. The molecule has 0 spiro atoms. The Labute approximate surface area is 215 Å². The number of benzene rings is 3. The topological polar surface area (TPSA) is 95.9 Å². The van der Waals surface area contributed by atoms with Crippen molar-refractivity contribution in [3.63, 3.8) is 0 Å². The van der Waals surface area contributed by atoms with Gasteiger partial charge in [-0.2, -0.15) is 0 Å². The molecule has 188 valence electrons. The molecular formula is C28H30N2O5S. The summed E-state index contributed by atoms with van der Waals surface area (Å²) in [4.78, 5) is 38.6. The van der Waals surface area contributed by atoms with Crippen LogP contribution in [0.1, 0.15) is 16.7 Å². The number of amides is 2. The molecule has 0 bridgehead atoms. The smallest absolute Gasteiger partial charge is 0.367 e. The van der Waals surface area contributed by atoms with Gasteiger partial charge in [-0.3, -0.25) is 0 Å². The second-order valence-corrected chi connectivity index (χ2v) is 9.16. The van der Waals surface area contributed by atoms with Crippen LogP contribution >= 0.6 is 11.8 Å². The number of hydrogen-bond acceptors (Lipinski definition) is 5. The quantitative estimate of drug-likeness (QED) is 0.336. The molecule has 8 heteroatoms. The number of carboxylic acids is 1. The normalized spacial score (nSPS) is 11.3. The van der Waals surface area contributed by atoms with Crippen LogP contribution in [-0.4, -0.2) is 52.2 Å². The highest BCUT2D eigenvalue weighted by Gasteiger charge is 2.24. The monoisotopic (exact) mass is 506 g/mol. The molecule has 36 heavy (non-hydrogen) atoms. The number of thioether (sulfide) groups is 1. The van der Waals surface area contributed by atoms with E-state index in [9.17, 15) is 19.5 Å². The molecule has 0 aromatic heterocycles. The number of nitrogens with zero attached hydrogens (tertiary/aromatic N) is 1. The Bertz CT molecular complexity index is 1100. The van der Waals surface area contributed by atoms with Crippen molar-refractivity contribution in [2.75, 3.05) is 18.8 Å². The molecule has 0 fully saturated rings. The van der Waals surface area contributed by atoms with Crippen LogP contribution in [0.5, 0.6) is 0 Å². The summed E-state index contributed by atoms with van der Waals surface area (Å²) < 4.78 is 5.29. The Balaban J connectivity index is 1.56. The molecule has 3 aromatic carbocycles. The van der Waals surface area contributed by atoms with Crippen molar-refractivity contribution in [2.24, 2.45) is 0 Å². The molecule has 2 N–H and O–H groups in total. The lowest BCUT2D eigenvalue weighted by molar-refractivity contribution is -0.139. The van der Waals surface area contributed by atoms with Crippen LogP contribution < -0.4 is 5.32 Å². The fourth-order valence-corrected chi connectivity index (χ4v) is 4.13. The van der Waals surface area contributed by atoms with Crippen LogP contribution in [0, 0.1) is 0 Å². The van der Waals surface area contributed by atoms with Gasteiger partial charge in [-0.1, -0.05) is 91.0 Å².